The minimum Gasteiger partial charge on any atom is -0.481 e. The summed E-state index contributed by atoms with van der Waals surface area (Å²) in [7, 11) is 0. The van der Waals surface area contributed by atoms with Gasteiger partial charge in [0.2, 0.25) is 11.8 Å². The molecule has 0 saturated carbocycles. The predicted octanol–water partition coefficient (Wildman–Crippen LogP) is 3.65. The molecule has 0 aliphatic carbocycles. The van der Waals surface area contributed by atoms with Crippen LogP contribution in [0.1, 0.15) is 91.4 Å². The number of amides is 2. The number of hydrogen-bond acceptors (Lipinski definition) is 4. The van der Waals surface area contributed by atoms with E-state index >= 15 is 0 Å². The quantitative estimate of drug-likeness (QED) is 0.267. The maximum Gasteiger partial charge on any atom is 0.303 e. The Balaban J connectivity index is 1.77. The van der Waals surface area contributed by atoms with Crippen molar-refractivity contribution in [2.45, 2.75) is 104 Å². The zero-order chi connectivity index (χ0) is 22.9. The average molecular weight is 439 g/mol. The van der Waals surface area contributed by atoms with Crippen molar-refractivity contribution in [3.05, 3.63) is 0 Å². The third-order valence-electron chi connectivity index (χ3n) is 6.97. The number of hydrogen-bond donors (Lipinski definition) is 3. The van der Waals surface area contributed by atoms with E-state index in [4.69, 9.17) is 9.84 Å². The van der Waals surface area contributed by atoms with Gasteiger partial charge in [0.15, 0.2) is 0 Å². The number of carbonyl (C=O) groups excluding carboxylic acids is 2. The summed E-state index contributed by atoms with van der Waals surface area (Å²) in [6.45, 7) is 6.65. The van der Waals surface area contributed by atoms with Crippen molar-refractivity contribution >= 4 is 17.8 Å². The standard InChI is InChI=1S/C24H42N2O5/c1-4-5-10-15-25-22(29)24(2,3)23(30)26-16-18-17(19-13-14-20(18)31-19)11-8-6-7-9-12-21(27)28/h17-20H,4-16H2,1-3H3,(H,25,29)(H,26,30)(H,27,28)/t17-,18+,19-,20+/m1/s1. The molecule has 4 atom stereocenters. The van der Waals surface area contributed by atoms with Crippen LogP contribution in [0.3, 0.4) is 0 Å². The van der Waals surface area contributed by atoms with Crippen molar-refractivity contribution in [3.63, 3.8) is 0 Å². The molecule has 31 heavy (non-hydrogen) atoms. The Hall–Kier alpha value is -1.63. The van der Waals surface area contributed by atoms with Gasteiger partial charge in [-0.15, -0.1) is 0 Å². The third-order valence-corrected chi connectivity index (χ3v) is 6.97. The fraction of sp³-hybridized carbons (Fsp3) is 0.875. The van der Waals surface area contributed by atoms with Crippen LogP contribution in [0.4, 0.5) is 0 Å². The molecule has 2 saturated heterocycles. The van der Waals surface area contributed by atoms with Crippen LogP contribution >= 0.6 is 0 Å². The zero-order valence-corrected chi connectivity index (χ0v) is 19.6. The topological polar surface area (TPSA) is 105 Å². The molecule has 0 unspecified atom stereocenters. The normalized spacial score (nSPS) is 24.9. The van der Waals surface area contributed by atoms with Gasteiger partial charge in [0.05, 0.1) is 12.2 Å². The van der Waals surface area contributed by atoms with Crippen LogP contribution in [0.2, 0.25) is 0 Å². The molecule has 7 nitrogen and oxygen atoms in total. The molecule has 0 radical (unpaired) electrons. The maximum absolute atomic E-state index is 12.8. The second-order valence-electron chi connectivity index (χ2n) is 9.76. The van der Waals surface area contributed by atoms with E-state index in [1.54, 1.807) is 13.8 Å². The van der Waals surface area contributed by atoms with Gasteiger partial charge in [-0.1, -0.05) is 39.0 Å². The van der Waals surface area contributed by atoms with Gasteiger partial charge in [0, 0.05) is 25.4 Å². The molecular formula is C24H42N2O5. The van der Waals surface area contributed by atoms with Gasteiger partial charge in [0.1, 0.15) is 5.41 Å². The fourth-order valence-electron chi connectivity index (χ4n) is 4.90. The first-order valence-electron chi connectivity index (χ1n) is 12.2. The highest BCUT2D eigenvalue weighted by Gasteiger charge is 2.48. The summed E-state index contributed by atoms with van der Waals surface area (Å²) in [6.07, 6.45) is 10.8. The van der Waals surface area contributed by atoms with Crippen molar-refractivity contribution < 1.29 is 24.2 Å². The first-order chi connectivity index (χ1) is 14.8. The highest BCUT2D eigenvalue weighted by molar-refractivity contribution is 6.04. The van der Waals surface area contributed by atoms with E-state index in [2.05, 4.69) is 17.6 Å². The van der Waals surface area contributed by atoms with Crippen LogP contribution in [0, 0.1) is 17.3 Å². The first kappa shape index (κ1) is 25.6. The molecule has 2 heterocycles. The molecule has 2 rings (SSSR count). The summed E-state index contributed by atoms with van der Waals surface area (Å²) in [5.74, 6) is -0.441. The Bertz CT molecular complexity index is 607. The summed E-state index contributed by atoms with van der Waals surface area (Å²) in [5, 5.41) is 14.7. The van der Waals surface area contributed by atoms with Crippen molar-refractivity contribution in [1.29, 1.82) is 0 Å². The molecule has 2 fully saturated rings. The van der Waals surface area contributed by atoms with Gasteiger partial charge in [-0.05, 0) is 51.9 Å². The summed E-state index contributed by atoms with van der Waals surface area (Å²) < 4.78 is 6.14. The van der Waals surface area contributed by atoms with E-state index in [1.165, 1.54) is 0 Å². The Kier molecular flexibility index (Phi) is 10.3. The van der Waals surface area contributed by atoms with Crippen LogP contribution < -0.4 is 10.6 Å². The molecule has 0 spiro atoms. The Labute approximate surface area is 187 Å². The van der Waals surface area contributed by atoms with Gasteiger partial charge in [-0.3, -0.25) is 14.4 Å². The number of unbranched alkanes of at least 4 members (excludes halogenated alkanes) is 5. The van der Waals surface area contributed by atoms with Gasteiger partial charge in [-0.2, -0.15) is 0 Å². The number of rotatable bonds is 15. The SMILES string of the molecule is CCCCCNC(=O)C(C)(C)C(=O)NC[C@H]1[C@@H](CCCCCCC(=O)O)[C@H]2CC[C@@H]1O2. The van der Waals surface area contributed by atoms with Crippen molar-refractivity contribution in [2.75, 3.05) is 13.1 Å². The van der Waals surface area contributed by atoms with Crippen LogP contribution in [0.25, 0.3) is 0 Å². The smallest absolute Gasteiger partial charge is 0.303 e. The summed E-state index contributed by atoms with van der Waals surface area (Å²) in [4.78, 5) is 35.9. The van der Waals surface area contributed by atoms with Crippen LogP contribution in [0.5, 0.6) is 0 Å². The van der Waals surface area contributed by atoms with E-state index in [0.717, 1.165) is 64.2 Å². The Morgan fingerprint density at radius 2 is 1.55 bits per heavy atom. The van der Waals surface area contributed by atoms with Crippen LogP contribution in [0.15, 0.2) is 0 Å². The van der Waals surface area contributed by atoms with Crippen molar-refractivity contribution in [1.82, 2.24) is 10.6 Å². The molecule has 2 aliphatic heterocycles. The molecule has 2 bridgehead atoms. The minimum absolute atomic E-state index is 0.202. The van der Waals surface area contributed by atoms with E-state index < -0.39 is 11.4 Å². The number of aliphatic carboxylic acids is 1. The predicted molar refractivity (Wildman–Crippen MR) is 120 cm³/mol. The lowest BCUT2D eigenvalue weighted by Crippen LogP contribution is -2.50. The number of ether oxygens (including phenoxy) is 1. The van der Waals surface area contributed by atoms with Crippen LogP contribution in [-0.4, -0.2) is 48.2 Å². The number of fused-ring (bicyclic) bond motifs is 2. The molecular weight excluding hydrogens is 396 g/mol. The molecule has 178 valence electrons. The molecule has 0 aromatic rings. The van der Waals surface area contributed by atoms with Gasteiger partial charge in [-0.25, -0.2) is 0 Å². The summed E-state index contributed by atoms with van der Waals surface area (Å²) in [6, 6.07) is 0. The second kappa shape index (κ2) is 12.4. The van der Waals surface area contributed by atoms with Crippen LogP contribution in [-0.2, 0) is 19.1 Å². The lowest BCUT2D eigenvalue weighted by Gasteiger charge is -2.30. The lowest BCUT2D eigenvalue weighted by atomic mass is 9.76. The zero-order valence-electron chi connectivity index (χ0n) is 19.6. The fourth-order valence-corrected chi connectivity index (χ4v) is 4.90. The van der Waals surface area contributed by atoms with E-state index in [9.17, 15) is 14.4 Å². The highest BCUT2D eigenvalue weighted by Crippen LogP contribution is 2.45. The maximum atomic E-state index is 12.8. The monoisotopic (exact) mass is 438 g/mol. The largest absolute Gasteiger partial charge is 0.481 e. The lowest BCUT2D eigenvalue weighted by molar-refractivity contribution is -0.141. The number of carboxylic acid groups (broad SMARTS) is 1. The molecule has 7 heteroatoms. The molecule has 2 aliphatic rings. The van der Waals surface area contributed by atoms with Gasteiger partial charge in [0.25, 0.3) is 0 Å². The highest BCUT2D eigenvalue weighted by atomic mass is 16.5. The number of nitrogens with one attached hydrogen (secondary N) is 2. The molecule has 2 amide bonds. The number of carbonyl (C=O) groups is 3. The molecule has 3 N–H and O–H groups in total. The van der Waals surface area contributed by atoms with E-state index in [1.807, 2.05) is 0 Å². The number of carboxylic acids is 1. The van der Waals surface area contributed by atoms with E-state index in [-0.39, 0.29) is 30.4 Å². The summed E-state index contributed by atoms with van der Waals surface area (Å²) >= 11 is 0. The van der Waals surface area contributed by atoms with Crippen molar-refractivity contribution in [3.8, 4) is 0 Å². The Morgan fingerprint density at radius 1 is 0.903 bits per heavy atom. The van der Waals surface area contributed by atoms with Gasteiger partial charge >= 0.3 is 5.97 Å². The third kappa shape index (κ3) is 7.48. The second-order valence-corrected chi connectivity index (χ2v) is 9.76. The molecule has 0 aromatic carbocycles. The Morgan fingerprint density at radius 3 is 2.23 bits per heavy atom. The molecule has 0 aromatic heterocycles. The van der Waals surface area contributed by atoms with Crippen molar-refractivity contribution in [2.24, 2.45) is 17.3 Å². The summed E-state index contributed by atoms with van der Waals surface area (Å²) in [5.41, 5.74) is -1.09. The minimum atomic E-state index is -1.09. The van der Waals surface area contributed by atoms with E-state index in [0.29, 0.717) is 24.9 Å². The van der Waals surface area contributed by atoms with Gasteiger partial charge < -0.3 is 20.5 Å². The average Bonchev–Trinajstić information content (AvgIpc) is 3.33. The first-order valence-corrected chi connectivity index (χ1v) is 12.2.